The van der Waals surface area contributed by atoms with Crippen LogP contribution < -0.4 is 10.5 Å². The number of nitrogens with zero attached hydrogens (tertiary/aromatic N) is 1. The first-order valence-electron chi connectivity index (χ1n) is 4.53. The maximum absolute atomic E-state index is 5.68. The van der Waals surface area contributed by atoms with Crippen molar-refractivity contribution in [2.24, 2.45) is 5.73 Å². The summed E-state index contributed by atoms with van der Waals surface area (Å²) in [6, 6.07) is 1.70. The van der Waals surface area contributed by atoms with E-state index in [0.29, 0.717) is 0 Å². The summed E-state index contributed by atoms with van der Waals surface area (Å²) in [5, 5.41) is 0. The molecule has 0 aromatic carbocycles. The highest BCUT2D eigenvalue weighted by Crippen LogP contribution is 2.13. The van der Waals surface area contributed by atoms with Gasteiger partial charge >= 0.3 is 0 Å². The molecule has 1 rings (SSSR count). The molecule has 2 N–H and O–H groups in total. The molecule has 1 unspecified atom stereocenters. The molecule has 0 spiro atoms. The zero-order valence-electron chi connectivity index (χ0n) is 8.45. The third-order valence-corrected chi connectivity index (χ3v) is 1.83. The normalized spacial score (nSPS) is 11.4. The van der Waals surface area contributed by atoms with Gasteiger partial charge in [0.1, 0.15) is 5.75 Å². The van der Waals surface area contributed by atoms with Gasteiger partial charge in [0.05, 0.1) is 18.7 Å². The summed E-state index contributed by atoms with van der Waals surface area (Å²) in [6.07, 6.45) is 4.19. The molecule has 0 aliphatic heterocycles. The lowest BCUT2D eigenvalue weighted by atomic mass is 10.2. The van der Waals surface area contributed by atoms with Crippen LogP contribution in [0.1, 0.15) is 18.9 Å². The summed E-state index contributed by atoms with van der Waals surface area (Å²) < 4.78 is 5.13. The van der Waals surface area contributed by atoms with E-state index < -0.39 is 0 Å². The Morgan fingerprint density at radius 1 is 1.64 bits per heavy atom. The van der Waals surface area contributed by atoms with Crippen LogP contribution in [-0.2, 0) is 0 Å². The van der Waals surface area contributed by atoms with Crippen molar-refractivity contribution in [3.05, 3.63) is 24.0 Å². The standard InChI is InChI=1S/C11H14N2O/c1-3-10(12)5-4-9-8-13-7-6-11(9)14-2/h6-8,10H,3,12H2,1-2H3. The maximum atomic E-state index is 5.68. The lowest BCUT2D eigenvalue weighted by Crippen LogP contribution is -2.15. The molecule has 74 valence electrons. The van der Waals surface area contributed by atoms with E-state index in [1.807, 2.05) is 6.92 Å². The number of hydrogen-bond donors (Lipinski definition) is 1. The molecular formula is C11H14N2O. The molecule has 0 fully saturated rings. The zero-order valence-corrected chi connectivity index (χ0v) is 8.45. The highest BCUT2D eigenvalue weighted by Gasteiger charge is 1.98. The third kappa shape index (κ3) is 2.75. The smallest absolute Gasteiger partial charge is 0.137 e. The summed E-state index contributed by atoms with van der Waals surface area (Å²) in [7, 11) is 1.61. The topological polar surface area (TPSA) is 48.1 Å². The second-order valence-corrected chi connectivity index (χ2v) is 2.86. The number of aromatic nitrogens is 1. The van der Waals surface area contributed by atoms with Gasteiger partial charge in [0.2, 0.25) is 0 Å². The highest BCUT2D eigenvalue weighted by atomic mass is 16.5. The predicted molar refractivity (Wildman–Crippen MR) is 55.9 cm³/mol. The number of hydrogen-bond acceptors (Lipinski definition) is 3. The van der Waals surface area contributed by atoms with Crippen molar-refractivity contribution in [1.29, 1.82) is 0 Å². The molecule has 1 atom stereocenters. The van der Waals surface area contributed by atoms with Gasteiger partial charge in [-0.15, -0.1) is 0 Å². The lowest BCUT2D eigenvalue weighted by Gasteiger charge is -2.01. The first-order valence-corrected chi connectivity index (χ1v) is 4.53. The Balaban J connectivity index is 2.88. The molecular weight excluding hydrogens is 176 g/mol. The van der Waals surface area contributed by atoms with Crippen LogP contribution in [-0.4, -0.2) is 18.1 Å². The van der Waals surface area contributed by atoms with Crippen LogP contribution in [0.3, 0.4) is 0 Å². The van der Waals surface area contributed by atoms with E-state index >= 15 is 0 Å². The lowest BCUT2D eigenvalue weighted by molar-refractivity contribution is 0.413. The van der Waals surface area contributed by atoms with Crippen molar-refractivity contribution in [2.75, 3.05) is 7.11 Å². The Bertz CT molecular complexity index is 352. The number of pyridine rings is 1. The van der Waals surface area contributed by atoms with Gasteiger partial charge in [0.25, 0.3) is 0 Å². The fourth-order valence-corrected chi connectivity index (χ4v) is 0.926. The molecule has 0 saturated heterocycles. The zero-order chi connectivity index (χ0) is 10.4. The number of ether oxygens (including phenoxy) is 1. The quantitative estimate of drug-likeness (QED) is 0.712. The molecule has 0 radical (unpaired) electrons. The first-order chi connectivity index (χ1) is 6.77. The van der Waals surface area contributed by atoms with Crippen molar-refractivity contribution in [2.45, 2.75) is 19.4 Å². The summed E-state index contributed by atoms with van der Waals surface area (Å²) in [5.41, 5.74) is 6.45. The second-order valence-electron chi connectivity index (χ2n) is 2.86. The minimum Gasteiger partial charge on any atom is -0.495 e. The van der Waals surface area contributed by atoms with Gasteiger partial charge in [-0.25, -0.2) is 0 Å². The molecule has 0 amide bonds. The molecule has 3 nitrogen and oxygen atoms in total. The van der Waals surface area contributed by atoms with E-state index in [-0.39, 0.29) is 6.04 Å². The largest absolute Gasteiger partial charge is 0.495 e. The van der Waals surface area contributed by atoms with Crippen LogP contribution in [0.4, 0.5) is 0 Å². The molecule has 14 heavy (non-hydrogen) atoms. The fourth-order valence-electron chi connectivity index (χ4n) is 0.926. The molecule has 0 aliphatic carbocycles. The maximum Gasteiger partial charge on any atom is 0.137 e. The Labute approximate surface area is 84.3 Å². The second kappa shape index (κ2) is 5.25. The molecule has 0 bridgehead atoms. The third-order valence-electron chi connectivity index (χ3n) is 1.83. The van der Waals surface area contributed by atoms with E-state index in [4.69, 9.17) is 10.5 Å². The van der Waals surface area contributed by atoms with Crippen molar-refractivity contribution in [1.82, 2.24) is 4.98 Å². The summed E-state index contributed by atoms with van der Waals surface area (Å²) in [5.74, 6) is 6.62. The van der Waals surface area contributed by atoms with Crippen LogP contribution in [0.15, 0.2) is 18.5 Å². The van der Waals surface area contributed by atoms with Gasteiger partial charge in [-0.3, -0.25) is 4.98 Å². The average molecular weight is 190 g/mol. The summed E-state index contributed by atoms with van der Waals surface area (Å²) >= 11 is 0. The van der Waals surface area contributed by atoms with Crippen LogP contribution in [0.2, 0.25) is 0 Å². The SMILES string of the molecule is CCC(N)C#Cc1cnccc1OC. The number of methoxy groups -OCH3 is 1. The van der Waals surface area contributed by atoms with Crippen LogP contribution in [0.5, 0.6) is 5.75 Å². The fraction of sp³-hybridized carbons (Fsp3) is 0.364. The minimum atomic E-state index is -0.0834. The summed E-state index contributed by atoms with van der Waals surface area (Å²) in [4.78, 5) is 3.97. The van der Waals surface area contributed by atoms with Gasteiger partial charge in [-0.05, 0) is 12.5 Å². The van der Waals surface area contributed by atoms with E-state index in [9.17, 15) is 0 Å². The minimum absolute atomic E-state index is 0.0834. The van der Waals surface area contributed by atoms with Gasteiger partial charge in [0.15, 0.2) is 0 Å². The van der Waals surface area contributed by atoms with Crippen molar-refractivity contribution >= 4 is 0 Å². The van der Waals surface area contributed by atoms with E-state index in [1.54, 1.807) is 25.6 Å². The Kier molecular flexibility index (Phi) is 3.96. The van der Waals surface area contributed by atoms with E-state index in [2.05, 4.69) is 16.8 Å². The predicted octanol–water partition coefficient (Wildman–Crippen LogP) is 1.18. The molecule has 1 aromatic rings. The number of rotatable bonds is 2. The molecule has 0 saturated carbocycles. The Morgan fingerprint density at radius 2 is 2.43 bits per heavy atom. The average Bonchev–Trinajstić information content (AvgIpc) is 2.26. The number of nitrogens with two attached hydrogens (primary N) is 1. The van der Waals surface area contributed by atoms with Gasteiger partial charge < -0.3 is 10.5 Å². The molecule has 0 aliphatic rings. The van der Waals surface area contributed by atoms with Gasteiger partial charge in [-0.2, -0.15) is 0 Å². The first kappa shape index (κ1) is 10.6. The van der Waals surface area contributed by atoms with Crippen molar-refractivity contribution in [3.8, 4) is 17.6 Å². The molecule has 3 heteroatoms. The van der Waals surface area contributed by atoms with Crippen LogP contribution in [0, 0.1) is 11.8 Å². The Morgan fingerprint density at radius 3 is 3.07 bits per heavy atom. The Hall–Kier alpha value is -1.53. The van der Waals surface area contributed by atoms with Crippen molar-refractivity contribution in [3.63, 3.8) is 0 Å². The monoisotopic (exact) mass is 190 g/mol. The van der Waals surface area contributed by atoms with Gasteiger partial charge in [0, 0.05) is 12.4 Å². The van der Waals surface area contributed by atoms with Crippen LogP contribution in [0.25, 0.3) is 0 Å². The summed E-state index contributed by atoms with van der Waals surface area (Å²) in [6.45, 7) is 2.00. The van der Waals surface area contributed by atoms with E-state index in [1.165, 1.54) is 0 Å². The highest BCUT2D eigenvalue weighted by molar-refractivity contribution is 5.44. The van der Waals surface area contributed by atoms with E-state index in [0.717, 1.165) is 17.7 Å². The van der Waals surface area contributed by atoms with Gasteiger partial charge in [-0.1, -0.05) is 18.8 Å². The molecule has 1 heterocycles. The van der Waals surface area contributed by atoms with Crippen molar-refractivity contribution < 1.29 is 4.74 Å². The van der Waals surface area contributed by atoms with Crippen LogP contribution >= 0.6 is 0 Å². The molecule has 1 aromatic heterocycles.